The van der Waals surface area contributed by atoms with Crippen molar-refractivity contribution in [3.8, 4) is 17.3 Å². The minimum absolute atomic E-state index is 0.0572. The molecule has 2 aliphatic rings. The van der Waals surface area contributed by atoms with E-state index >= 15 is 0 Å². The second kappa shape index (κ2) is 7.62. The number of hydrogen-bond donors (Lipinski definition) is 1. The van der Waals surface area contributed by atoms with Gasteiger partial charge < -0.3 is 10.2 Å². The molecule has 6 nitrogen and oxygen atoms in total. The Kier molecular flexibility index (Phi) is 4.80. The average molecular weight is 462 g/mol. The van der Waals surface area contributed by atoms with Gasteiger partial charge in [-0.15, -0.1) is 0 Å². The van der Waals surface area contributed by atoms with E-state index in [1.807, 2.05) is 64.3 Å². The minimum atomic E-state index is -0.301. The number of nitrogens with one attached hydrogen (secondary N) is 1. The lowest BCUT2D eigenvalue weighted by Crippen LogP contribution is -2.44. The van der Waals surface area contributed by atoms with Crippen molar-refractivity contribution in [1.82, 2.24) is 14.7 Å². The number of benzene rings is 2. The summed E-state index contributed by atoms with van der Waals surface area (Å²) in [6.45, 7) is 0.512. The molecular weight excluding hydrogens is 442 g/mol. The van der Waals surface area contributed by atoms with Crippen molar-refractivity contribution in [2.45, 2.75) is 38.0 Å². The molecule has 1 N–H and O–H groups in total. The van der Waals surface area contributed by atoms with Gasteiger partial charge in [-0.3, -0.25) is 9.48 Å². The van der Waals surface area contributed by atoms with E-state index in [2.05, 4.69) is 27.3 Å². The van der Waals surface area contributed by atoms with Crippen molar-refractivity contribution in [3.05, 3.63) is 70.3 Å². The summed E-state index contributed by atoms with van der Waals surface area (Å²) in [4.78, 5) is 15.3. The van der Waals surface area contributed by atoms with Gasteiger partial charge in [0.2, 0.25) is 0 Å². The van der Waals surface area contributed by atoms with Crippen LogP contribution in [0.2, 0.25) is 0 Å². The Morgan fingerprint density at radius 2 is 2.03 bits per heavy atom. The van der Waals surface area contributed by atoms with E-state index in [0.717, 1.165) is 39.8 Å². The van der Waals surface area contributed by atoms with Crippen molar-refractivity contribution in [2.75, 3.05) is 5.32 Å². The number of hydrogen-bond acceptors (Lipinski definition) is 4. The maximum Gasteiger partial charge on any atom is 0.258 e. The Morgan fingerprint density at radius 1 is 1.20 bits per heavy atom. The Hall–Kier alpha value is -3.11. The van der Waals surface area contributed by atoms with Crippen LogP contribution in [0.15, 0.2) is 59.2 Å². The maximum atomic E-state index is 13.4. The highest BCUT2D eigenvalue weighted by Crippen LogP contribution is 2.43. The summed E-state index contributed by atoms with van der Waals surface area (Å²) in [6.07, 6.45) is 4.08. The van der Waals surface area contributed by atoms with E-state index in [-0.39, 0.29) is 18.1 Å². The van der Waals surface area contributed by atoms with E-state index in [9.17, 15) is 4.79 Å². The first-order valence-corrected chi connectivity index (χ1v) is 10.8. The molecule has 1 aliphatic heterocycles. The van der Waals surface area contributed by atoms with Crippen molar-refractivity contribution in [3.63, 3.8) is 0 Å². The molecule has 150 valence electrons. The molecule has 1 atom stereocenters. The second-order valence-electron chi connectivity index (χ2n) is 7.65. The number of amides is 1. The van der Waals surface area contributed by atoms with E-state index in [0.29, 0.717) is 18.5 Å². The molecule has 1 aromatic heterocycles. The van der Waals surface area contributed by atoms with Gasteiger partial charge in [0.1, 0.15) is 6.17 Å². The average Bonchev–Trinajstić information content (AvgIpc) is 3.50. The Bertz CT molecular complexity index is 1160. The molecule has 1 saturated carbocycles. The van der Waals surface area contributed by atoms with Crippen molar-refractivity contribution in [1.29, 1.82) is 5.26 Å². The smallest absolute Gasteiger partial charge is 0.258 e. The van der Waals surface area contributed by atoms with Crippen LogP contribution in [-0.4, -0.2) is 26.6 Å². The van der Waals surface area contributed by atoms with Crippen molar-refractivity contribution < 1.29 is 4.79 Å². The first-order chi connectivity index (χ1) is 14.7. The number of nitrogens with zero attached hydrogens (tertiary/aromatic N) is 4. The standard InChI is InChI=1S/C23H20BrN5O/c24-16-6-3-5-15(13-16)21-19(14-28(27-21)12-4-11-25)22-26-20-8-2-1-7-18(20)23(30)29(22)17-9-10-17/h1-3,5-8,13-14,17,22,26H,4,9-10,12H2/t22-/m1/s1. The third kappa shape index (κ3) is 3.37. The van der Waals surface area contributed by atoms with Crippen LogP contribution in [0.5, 0.6) is 0 Å². The number of para-hydroxylation sites is 1. The van der Waals surface area contributed by atoms with Gasteiger partial charge in [0.25, 0.3) is 5.91 Å². The topological polar surface area (TPSA) is 74.0 Å². The second-order valence-corrected chi connectivity index (χ2v) is 8.57. The van der Waals surface area contributed by atoms with Crippen molar-refractivity contribution in [2.24, 2.45) is 0 Å². The normalized spacial score (nSPS) is 17.9. The number of nitriles is 1. The highest BCUT2D eigenvalue weighted by molar-refractivity contribution is 9.10. The fraction of sp³-hybridized carbons (Fsp3) is 0.261. The molecule has 0 radical (unpaired) electrons. The first kappa shape index (κ1) is 18.9. The fourth-order valence-corrected chi connectivity index (χ4v) is 4.40. The minimum Gasteiger partial charge on any atom is -0.361 e. The quantitative estimate of drug-likeness (QED) is 0.582. The Labute approximate surface area is 183 Å². The number of halogens is 1. The molecule has 2 heterocycles. The molecule has 2 aromatic carbocycles. The SMILES string of the molecule is N#CCCn1cc([C@@H]2Nc3ccccc3C(=O)N2C2CC2)c(-c2cccc(Br)c2)n1. The zero-order valence-corrected chi connectivity index (χ0v) is 17.8. The summed E-state index contributed by atoms with van der Waals surface area (Å²) in [6, 6.07) is 18.1. The van der Waals surface area contributed by atoms with Crippen LogP contribution in [0.1, 0.15) is 41.3 Å². The third-order valence-electron chi connectivity index (χ3n) is 5.54. The van der Waals surface area contributed by atoms with Crippen molar-refractivity contribution >= 4 is 27.5 Å². The summed E-state index contributed by atoms with van der Waals surface area (Å²) in [5.41, 5.74) is 4.29. The molecule has 30 heavy (non-hydrogen) atoms. The van der Waals surface area contributed by atoms with E-state index in [4.69, 9.17) is 10.4 Å². The van der Waals surface area contributed by atoms with Gasteiger partial charge in [-0.05, 0) is 37.1 Å². The lowest BCUT2D eigenvalue weighted by Gasteiger charge is -2.38. The Balaban J connectivity index is 1.63. The number of carbonyl (C=O) groups is 1. The van der Waals surface area contributed by atoms with E-state index in [1.54, 1.807) is 0 Å². The molecule has 1 fully saturated rings. The van der Waals surface area contributed by atoms with Crippen LogP contribution in [0, 0.1) is 11.3 Å². The lowest BCUT2D eigenvalue weighted by atomic mass is 10.0. The molecule has 5 rings (SSSR count). The summed E-state index contributed by atoms with van der Waals surface area (Å²) in [5.74, 6) is 0.0572. The van der Waals surface area contributed by atoms with Gasteiger partial charge in [0.05, 0.1) is 30.3 Å². The molecular formula is C23H20BrN5O. The summed E-state index contributed by atoms with van der Waals surface area (Å²) in [7, 11) is 0. The van der Waals surface area contributed by atoms with Gasteiger partial charge in [0, 0.05) is 33.5 Å². The molecule has 0 unspecified atom stereocenters. The summed E-state index contributed by atoms with van der Waals surface area (Å²) >= 11 is 3.55. The van der Waals surface area contributed by atoms with Crippen LogP contribution >= 0.6 is 15.9 Å². The first-order valence-electron chi connectivity index (χ1n) is 10.0. The number of rotatable bonds is 5. The van der Waals surface area contributed by atoms with Gasteiger partial charge >= 0.3 is 0 Å². The van der Waals surface area contributed by atoms with Crippen LogP contribution in [0.25, 0.3) is 11.3 Å². The number of aromatic nitrogens is 2. The zero-order valence-electron chi connectivity index (χ0n) is 16.3. The van der Waals surface area contributed by atoms with Crippen LogP contribution in [0.4, 0.5) is 5.69 Å². The highest BCUT2D eigenvalue weighted by atomic mass is 79.9. The summed E-state index contributed by atoms with van der Waals surface area (Å²) in [5, 5.41) is 17.4. The summed E-state index contributed by atoms with van der Waals surface area (Å²) < 4.78 is 2.78. The zero-order chi connectivity index (χ0) is 20.7. The van der Waals surface area contributed by atoms with Gasteiger partial charge in [0.15, 0.2) is 0 Å². The van der Waals surface area contributed by atoms with Crippen LogP contribution in [0.3, 0.4) is 0 Å². The molecule has 7 heteroatoms. The lowest BCUT2D eigenvalue weighted by molar-refractivity contribution is 0.0667. The largest absolute Gasteiger partial charge is 0.361 e. The number of carbonyl (C=O) groups excluding carboxylic acids is 1. The Morgan fingerprint density at radius 3 is 2.80 bits per heavy atom. The molecule has 3 aromatic rings. The van der Waals surface area contributed by atoms with E-state index in [1.165, 1.54) is 0 Å². The molecule has 0 bridgehead atoms. The molecule has 0 saturated heterocycles. The molecule has 0 spiro atoms. The van der Waals surface area contributed by atoms with Gasteiger partial charge in [-0.25, -0.2) is 0 Å². The predicted octanol–water partition coefficient (Wildman–Crippen LogP) is 4.96. The highest BCUT2D eigenvalue weighted by Gasteiger charge is 2.43. The monoisotopic (exact) mass is 461 g/mol. The maximum absolute atomic E-state index is 13.4. The molecule has 1 aliphatic carbocycles. The van der Waals surface area contributed by atoms with Crippen LogP contribution < -0.4 is 5.32 Å². The third-order valence-corrected chi connectivity index (χ3v) is 6.03. The van der Waals surface area contributed by atoms with E-state index < -0.39 is 0 Å². The van der Waals surface area contributed by atoms with Gasteiger partial charge in [-0.2, -0.15) is 10.4 Å². The number of aryl methyl sites for hydroxylation is 1. The van der Waals surface area contributed by atoms with Gasteiger partial charge in [-0.1, -0.05) is 40.2 Å². The predicted molar refractivity (Wildman–Crippen MR) is 118 cm³/mol. The fourth-order valence-electron chi connectivity index (χ4n) is 4.00. The molecule has 1 amide bonds. The number of fused-ring (bicyclic) bond motifs is 1. The number of anilines is 1. The van der Waals surface area contributed by atoms with Crippen LogP contribution in [-0.2, 0) is 6.54 Å².